The van der Waals surface area contributed by atoms with E-state index in [0.717, 1.165) is 25.9 Å². The average molecular weight is 214 g/mol. The van der Waals surface area contributed by atoms with Crippen LogP contribution in [0.2, 0.25) is 0 Å². The zero-order valence-electron chi connectivity index (χ0n) is 9.63. The Balaban J connectivity index is 2.07. The molecule has 0 aromatic heterocycles. The molecule has 0 aromatic carbocycles. The number of hydrogen-bond donors (Lipinski definition) is 1. The number of rotatable bonds is 5. The summed E-state index contributed by atoms with van der Waals surface area (Å²) < 4.78 is 0. The van der Waals surface area contributed by atoms with Crippen molar-refractivity contribution >= 4 is 5.97 Å². The Morgan fingerprint density at radius 2 is 2.13 bits per heavy atom. The predicted octanol–water partition coefficient (Wildman–Crippen LogP) is -1.87. The van der Waals surface area contributed by atoms with Gasteiger partial charge in [0.2, 0.25) is 0 Å². The van der Waals surface area contributed by atoms with Gasteiger partial charge in [-0.15, -0.1) is 0 Å². The molecule has 0 aliphatic carbocycles. The van der Waals surface area contributed by atoms with E-state index in [2.05, 4.69) is 11.9 Å². The van der Waals surface area contributed by atoms with Crippen LogP contribution in [0, 0.1) is 0 Å². The number of hydrogen-bond acceptors (Lipinski definition) is 3. The maximum absolute atomic E-state index is 10.2. The van der Waals surface area contributed by atoms with Gasteiger partial charge in [-0.25, -0.2) is 0 Å². The third-order valence-corrected chi connectivity index (χ3v) is 3.08. The molecule has 0 saturated carbocycles. The molecule has 0 aromatic rings. The monoisotopic (exact) mass is 214 g/mol. The minimum atomic E-state index is -0.916. The molecule has 1 aliphatic heterocycles. The van der Waals surface area contributed by atoms with E-state index in [1.807, 2.05) is 0 Å². The van der Waals surface area contributed by atoms with E-state index in [0.29, 0.717) is 0 Å². The van der Waals surface area contributed by atoms with Gasteiger partial charge in [0, 0.05) is 25.5 Å². The van der Waals surface area contributed by atoms with Gasteiger partial charge in [0.15, 0.2) is 0 Å². The second kappa shape index (κ2) is 6.80. The number of carboxylic acids is 1. The zero-order chi connectivity index (χ0) is 11.1. The lowest BCUT2D eigenvalue weighted by atomic mass is 10.2. The minimum Gasteiger partial charge on any atom is -0.550 e. The number of carboxylic acid groups (broad SMARTS) is 1. The molecule has 0 spiro atoms. The van der Waals surface area contributed by atoms with Crippen LogP contribution in [0.4, 0.5) is 0 Å². The van der Waals surface area contributed by atoms with Crippen LogP contribution in [0.1, 0.15) is 25.7 Å². The largest absolute Gasteiger partial charge is 0.550 e. The Morgan fingerprint density at radius 1 is 1.33 bits per heavy atom. The number of carbonyl (C=O) groups is 1. The highest BCUT2D eigenvalue weighted by Crippen LogP contribution is 1.92. The summed E-state index contributed by atoms with van der Waals surface area (Å²) in [6.45, 7) is 5.90. The molecule has 1 rings (SSSR count). The van der Waals surface area contributed by atoms with E-state index >= 15 is 0 Å². The van der Waals surface area contributed by atoms with Crippen molar-refractivity contribution in [1.29, 1.82) is 0 Å². The van der Waals surface area contributed by atoms with Crippen LogP contribution in [0.3, 0.4) is 0 Å². The van der Waals surface area contributed by atoms with Crippen molar-refractivity contribution in [3.8, 4) is 0 Å². The summed E-state index contributed by atoms with van der Waals surface area (Å²) in [5.74, 6) is -0.916. The fourth-order valence-corrected chi connectivity index (χ4v) is 2.08. The second-order valence-corrected chi connectivity index (χ2v) is 4.49. The van der Waals surface area contributed by atoms with Crippen LogP contribution >= 0.6 is 0 Å². The summed E-state index contributed by atoms with van der Waals surface area (Å²) in [5.41, 5.74) is 0. The van der Waals surface area contributed by atoms with Crippen molar-refractivity contribution in [3.63, 3.8) is 0 Å². The molecular weight excluding hydrogens is 192 g/mol. The molecule has 0 bridgehead atoms. The number of nitrogens with zero attached hydrogens (tertiary/aromatic N) is 1. The van der Waals surface area contributed by atoms with Crippen molar-refractivity contribution in [1.82, 2.24) is 4.90 Å². The number of quaternary nitrogens is 1. The number of unbranched alkanes of at least 4 members (excludes halogenated alkanes) is 1. The number of carbonyl (C=O) groups excluding carboxylic acids is 1. The summed E-state index contributed by atoms with van der Waals surface area (Å²) >= 11 is 0. The Bertz CT molecular complexity index is 197. The molecule has 1 fully saturated rings. The first kappa shape index (κ1) is 12.5. The first-order valence-electron chi connectivity index (χ1n) is 5.90. The fourth-order valence-electron chi connectivity index (χ4n) is 2.08. The van der Waals surface area contributed by atoms with Crippen LogP contribution < -0.4 is 10.0 Å². The zero-order valence-corrected chi connectivity index (χ0v) is 9.63. The second-order valence-electron chi connectivity index (χ2n) is 4.49. The highest BCUT2D eigenvalue weighted by molar-refractivity contribution is 5.63. The predicted molar refractivity (Wildman–Crippen MR) is 56.5 cm³/mol. The third kappa shape index (κ3) is 5.74. The number of aliphatic carboxylic acids is 1. The van der Waals surface area contributed by atoms with Crippen molar-refractivity contribution in [3.05, 3.63) is 0 Å². The third-order valence-electron chi connectivity index (χ3n) is 3.08. The van der Waals surface area contributed by atoms with Gasteiger partial charge in [0.1, 0.15) is 0 Å². The Kier molecular flexibility index (Phi) is 5.65. The summed E-state index contributed by atoms with van der Waals surface area (Å²) in [7, 11) is 2.17. The molecule has 4 heteroatoms. The smallest absolute Gasteiger partial charge is 0.0900 e. The lowest BCUT2D eigenvalue weighted by molar-refractivity contribution is -0.898. The van der Waals surface area contributed by atoms with E-state index < -0.39 is 5.97 Å². The van der Waals surface area contributed by atoms with Gasteiger partial charge in [0.25, 0.3) is 0 Å². The van der Waals surface area contributed by atoms with Crippen molar-refractivity contribution < 1.29 is 14.8 Å². The van der Waals surface area contributed by atoms with Crippen LogP contribution in [0.5, 0.6) is 0 Å². The average Bonchev–Trinajstić information content (AvgIpc) is 2.38. The topological polar surface area (TPSA) is 47.8 Å². The molecule has 0 amide bonds. The quantitative estimate of drug-likeness (QED) is 0.545. The standard InChI is InChI=1S/C11H22N2O2/c1-12-6-4-8-13(10-9-12)7-3-2-5-11(14)15/h2-10H2,1H3,(H,14,15). The number of likely N-dealkylation sites (N-methyl/N-ethyl adjacent to an activating group) is 1. The maximum Gasteiger partial charge on any atom is 0.0900 e. The minimum absolute atomic E-state index is 0.215. The van der Waals surface area contributed by atoms with Crippen molar-refractivity contribution in [2.45, 2.75) is 25.7 Å². The summed E-state index contributed by atoms with van der Waals surface area (Å²) in [6.07, 6.45) is 3.24. The van der Waals surface area contributed by atoms with E-state index in [1.54, 1.807) is 4.90 Å². The van der Waals surface area contributed by atoms with Gasteiger partial charge in [-0.2, -0.15) is 0 Å². The van der Waals surface area contributed by atoms with E-state index in [1.165, 1.54) is 26.1 Å². The van der Waals surface area contributed by atoms with E-state index in [4.69, 9.17) is 0 Å². The molecule has 88 valence electrons. The normalized spacial score (nSPS) is 23.7. The molecule has 4 nitrogen and oxygen atoms in total. The fraction of sp³-hybridized carbons (Fsp3) is 0.909. The molecule has 1 atom stereocenters. The van der Waals surface area contributed by atoms with Crippen LogP contribution in [-0.2, 0) is 4.79 Å². The van der Waals surface area contributed by atoms with Crippen LogP contribution in [0.25, 0.3) is 0 Å². The maximum atomic E-state index is 10.2. The van der Waals surface area contributed by atoms with Gasteiger partial charge in [-0.05, 0) is 26.3 Å². The SMILES string of the molecule is CN1CCC[NH+](CCCCC(=O)[O-])CC1. The van der Waals surface area contributed by atoms with Crippen LogP contribution in [0.15, 0.2) is 0 Å². The molecule has 1 unspecified atom stereocenters. The van der Waals surface area contributed by atoms with Gasteiger partial charge in [-0.3, -0.25) is 0 Å². The molecule has 0 radical (unpaired) electrons. The Labute approximate surface area is 91.9 Å². The van der Waals surface area contributed by atoms with Gasteiger partial charge in [0.05, 0.1) is 19.6 Å². The van der Waals surface area contributed by atoms with Crippen molar-refractivity contribution in [2.24, 2.45) is 0 Å². The molecule has 1 saturated heterocycles. The lowest BCUT2D eigenvalue weighted by Crippen LogP contribution is -3.12. The summed E-state index contributed by atoms with van der Waals surface area (Å²) in [6, 6.07) is 0. The highest BCUT2D eigenvalue weighted by atomic mass is 16.4. The Hall–Kier alpha value is -0.610. The first-order chi connectivity index (χ1) is 7.18. The number of nitrogens with one attached hydrogen (secondary N) is 1. The van der Waals surface area contributed by atoms with E-state index in [-0.39, 0.29) is 6.42 Å². The van der Waals surface area contributed by atoms with Gasteiger partial charge >= 0.3 is 0 Å². The van der Waals surface area contributed by atoms with Gasteiger partial charge in [-0.1, -0.05) is 0 Å². The molecule has 1 aliphatic rings. The van der Waals surface area contributed by atoms with Crippen LogP contribution in [-0.4, -0.2) is 50.6 Å². The molecule has 15 heavy (non-hydrogen) atoms. The summed E-state index contributed by atoms with van der Waals surface area (Å²) in [4.78, 5) is 14.2. The first-order valence-corrected chi connectivity index (χ1v) is 5.90. The summed E-state index contributed by atoms with van der Waals surface area (Å²) in [5, 5.41) is 10.2. The highest BCUT2D eigenvalue weighted by Gasteiger charge is 2.13. The molecule has 1 N–H and O–H groups in total. The molecular formula is C11H22N2O2. The van der Waals surface area contributed by atoms with Crippen molar-refractivity contribution in [2.75, 3.05) is 39.8 Å². The Morgan fingerprint density at radius 3 is 2.87 bits per heavy atom. The van der Waals surface area contributed by atoms with Gasteiger partial charge < -0.3 is 19.7 Å². The lowest BCUT2D eigenvalue weighted by Gasteiger charge is -2.17. The van der Waals surface area contributed by atoms with E-state index in [9.17, 15) is 9.90 Å². The molecule has 1 heterocycles.